The Balaban J connectivity index is 2.50. The summed E-state index contributed by atoms with van der Waals surface area (Å²) >= 11 is 3.28. The summed E-state index contributed by atoms with van der Waals surface area (Å²) in [6.45, 7) is 2.39. The number of amides is 2. The summed E-state index contributed by atoms with van der Waals surface area (Å²) in [5.41, 5.74) is 0.527. The molecule has 0 heterocycles. The Morgan fingerprint density at radius 2 is 2.06 bits per heavy atom. The summed E-state index contributed by atoms with van der Waals surface area (Å²) in [6, 6.07) is 7.00. The van der Waals surface area contributed by atoms with E-state index in [4.69, 9.17) is 0 Å². The monoisotopic (exact) mass is 284 g/mol. The second kappa shape index (κ2) is 6.27. The second-order valence-corrected chi connectivity index (χ2v) is 4.06. The maximum Gasteiger partial charge on any atom is 0.251 e. The number of benzene rings is 1. The van der Waals surface area contributed by atoms with E-state index in [9.17, 15) is 9.59 Å². The molecule has 1 aromatic rings. The normalized spacial score (nSPS) is 9.62. The van der Waals surface area contributed by atoms with Crippen LogP contribution in [0.3, 0.4) is 0 Å². The first-order valence-corrected chi connectivity index (χ1v) is 5.73. The predicted octanol–water partition coefficient (Wildman–Crippen LogP) is 1.31. The zero-order valence-corrected chi connectivity index (χ0v) is 10.5. The molecule has 0 saturated carbocycles. The summed E-state index contributed by atoms with van der Waals surface area (Å²) in [5.74, 6) is -0.446. The van der Waals surface area contributed by atoms with Gasteiger partial charge in [-0.2, -0.15) is 0 Å². The van der Waals surface area contributed by atoms with Crippen LogP contribution in [0.4, 0.5) is 0 Å². The van der Waals surface area contributed by atoms with E-state index in [1.807, 2.05) is 13.0 Å². The summed E-state index contributed by atoms with van der Waals surface area (Å²) in [5, 5.41) is 5.14. The van der Waals surface area contributed by atoms with Gasteiger partial charge in [-0.1, -0.05) is 22.0 Å². The van der Waals surface area contributed by atoms with E-state index in [-0.39, 0.29) is 18.4 Å². The van der Waals surface area contributed by atoms with Gasteiger partial charge in [0, 0.05) is 16.6 Å². The third-order valence-corrected chi connectivity index (χ3v) is 2.36. The Bertz CT molecular complexity index is 393. The van der Waals surface area contributed by atoms with Crippen molar-refractivity contribution in [1.29, 1.82) is 0 Å². The SMILES string of the molecule is CCNC(=O)CNC(=O)c1cccc(Br)c1. The maximum absolute atomic E-state index is 11.6. The van der Waals surface area contributed by atoms with Crippen molar-refractivity contribution >= 4 is 27.7 Å². The molecule has 0 bridgehead atoms. The lowest BCUT2D eigenvalue weighted by molar-refractivity contribution is -0.120. The van der Waals surface area contributed by atoms with E-state index >= 15 is 0 Å². The van der Waals surface area contributed by atoms with Crippen LogP contribution in [0.25, 0.3) is 0 Å². The van der Waals surface area contributed by atoms with Crippen molar-refractivity contribution in [2.24, 2.45) is 0 Å². The number of nitrogens with one attached hydrogen (secondary N) is 2. The quantitative estimate of drug-likeness (QED) is 0.876. The zero-order chi connectivity index (χ0) is 12.0. The van der Waals surface area contributed by atoms with Crippen molar-refractivity contribution in [3.63, 3.8) is 0 Å². The second-order valence-electron chi connectivity index (χ2n) is 3.15. The Hall–Kier alpha value is -1.36. The van der Waals surface area contributed by atoms with Crippen LogP contribution in [0, 0.1) is 0 Å². The van der Waals surface area contributed by atoms with Gasteiger partial charge in [0.15, 0.2) is 0 Å². The van der Waals surface area contributed by atoms with Gasteiger partial charge in [-0.15, -0.1) is 0 Å². The van der Waals surface area contributed by atoms with Gasteiger partial charge in [0.1, 0.15) is 0 Å². The van der Waals surface area contributed by atoms with Gasteiger partial charge in [0.05, 0.1) is 6.54 Å². The Morgan fingerprint density at radius 1 is 1.31 bits per heavy atom. The van der Waals surface area contributed by atoms with Crippen LogP contribution in [0.5, 0.6) is 0 Å². The highest BCUT2D eigenvalue weighted by atomic mass is 79.9. The fourth-order valence-corrected chi connectivity index (χ4v) is 1.55. The molecule has 2 N–H and O–H groups in total. The summed E-state index contributed by atoms with van der Waals surface area (Å²) in [4.78, 5) is 22.7. The minimum atomic E-state index is -0.257. The molecule has 0 atom stereocenters. The van der Waals surface area contributed by atoms with E-state index in [1.54, 1.807) is 18.2 Å². The lowest BCUT2D eigenvalue weighted by atomic mass is 10.2. The predicted molar refractivity (Wildman–Crippen MR) is 65.2 cm³/mol. The molecule has 1 rings (SSSR count). The van der Waals surface area contributed by atoms with Crippen LogP contribution in [-0.2, 0) is 4.79 Å². The number of likely N-dealkylation sites (N-methyl/N-ethyl adjacent to an activating group) is 1. The number of carbonyl (C=O) groups excluding carboxylic acids is 2. The number of hydrogen-bond acceptors (Lipinski definition) is 2. The average molecular weight is 285 g/mol. The van der Waals surface area contributed by atoms with Crippen LogP contribution < -0.4 is 10.6 Å². The first-order valence-electron chi connectivity index (χ1n) is 4.94. The highest BCUT2D eigenvalue weighted by Crippen LogP contribution is 2.11. The molecule has 0 aliphatic heterocycles. The molecular weight excluding hydrogens is 272 g/mol. The van der Waals surface area contributed by atoms with Crippen molar-refractivity contribution < 1.29 is 9.59 Å². The molecule has 4 nitrogen and oxygen atoms in total. The smallest absolute Gasteiger partial charge is 0.251 e. The largest absolute Gasteiger partial charge is 0.355 e. The van der Waals surface area contributed by atoms with Gasteiger partial charge in [0.2, 0.25) is 5.91 Å². The first kappa shape index (κ1) is 12.7. The van der Waals surface area contributed by atoms with Crippen molar-refractivity contribution in [3.05, 3.63) is 34.3 Å². The van der Waals surface area contributed by atoms with Crippen molar-refractivity contribution in [2.45, 2.75) is 6.92 Å². The highest BCUT2D eigenvalue weighted by molar-refractivity contribution is 9.10. The van der Waals surface area contributed by atoms with Crippen LogP contribution in [0.2, 0.25) is 0 Å². The minimum absolute atomic E-state index is 0.000807. The maximum atomic E-state index is 11.6. The molecule has 0 fully saturated rings. The fourth-order valence-electron chi connectivity index (χ4n) is 1.15. The van der Waals surface area contributed by atoms with Gasteiger partial charge in [-0.3, -0.25) is 9.59 Å². The molecule has 2 amide bonds. The molecule has 0 spiro atoms. The van der Waals surface area contributed by atoms with Gasteiger partial charge in [-0.05, 0) is 25.1 Å². The van der Waals surface area contributed by atoms with Crippen LogP contribution >= 0.6 is 15.9 Å². The molecule has 0 radical (unpaired) electrons. The number of carbonyl (C=O) groups is 2. The summed E-state index contributed by atoms with van der Waals surface area (Å²) in [7, 11) is 0. The van der Waals surface area contributed by atoms with Crippen LogP contribution in [0.15, 0.2) is 28.7 Å². The van der Waals surface area contributed by atoms with Gasteiger partial charge >= 0.3 is 0 Å². The van der Waals surface area contributed by atoms with Gasteiger partial charge in [-0.25, -0.2) is 0 Å². The zero-order valence-electron chi connectivity index (χ0n) is 8.92. The minimum Gasteiger partial charge on any atom is -0.355 e. The van der Waals surface area contributed by atoms with Crippen LogP contribution in [0.1, 0.15) is 17.3 Å². The van der Waals surface area contributed by atoms with Gasteiger partial charge in [0.25, 0.3) is 5.91 Å². The van der Waals surface area contributed by atoms with Crippen LogP contribution in [-0.4, -0.2) is 24.9 Å². The average Bonchev–Trinajstić information content (AvgIpc) is 2.26. The molecule has 5 heteroatoms. The molecular formula is C11H13BrN2O2. The molecule has 0 saturated heterocycles. The summed E-state index contributed by atoms with van der Waals surface area (Å²) < 4.78 is 0.832. The lowest BCUT2D eigenvalue weighted by Crippen LogP contribution is -2.36. The van der Waals surface area contributed by atoms with Crippen molar-refractivity contribution in [3.8, 4) is 0 Å². The number of halogens is 1. The standard InChI is InChI=1S/C11H13BrN2O2/c1-2-13-10(15)7-14-11(16)8-4-3-5-9(12)6-8/h3-6H,2,7H2,1H3,(H,13,15)(H,14,16). The summed E-state index contributed by atoms with van der Waals surface area (Å²) in [6.07, 6.45) is 0. The highest BCUT2D eigenvalue weighted by Gasteiger charge is 2.07. The van der Waals surface area contributed by atoms with E-state index in [2.05, 4.69) is 26.6 Å². The molecule has 0 aromatic heterocycles. The number of rotatable bonds is 4. The third-order valence-electron chi connectivity index (χ3n) is 1.87. The number of hydrogen-bond donors (Lipinski definition) is 2. The Morgan fingerprint density at radius 3 is 2.69 bits per heavy atom. The Labute approximate surface area is 103 Å². The van der Waals surface area contributed by atoms with E-state index in [0.29, 0.717) is 12.1 Å². The van der Waals surface area contributed by atoms with Crippen molar-refractivity contribution in [1.82, 2.24) is 10.6 Å². The molecule has 86 valence electrons. The molecule has 0 aliphatic rings. The van der Waals surface area contributed by atoms with Crippen molar-refractivity contribution in [2.75, 3.05) is 13.1 Å². The van der Waals surface area contributed by atoms with E-state index in [0.717, 1.165) is 4.47 Å². The topological polar surface area (TPSA) is 58.2 Å². The van der Waals surface area contributed by atoms with E-state index < -0.39 is 0 Å². The Kier molecular flexibility index (Phi) is 4.98. The molecule has 1 aromatic carbocycles. The molecule has 0 unspecified atom stereocenters. The first-order chi connectivity index (χ1) is 7.63. The molecule has 16 heavy (non-hydrogen) atoms. The lowest BCUT2D eigenvalue weighted by Gasteiger charge is -2.05. The van der Waals surface area contributed by atoms with Gasteiger partial charge < -0.3 is 10.6 Å². The molecule has 0 aliphatic carbocycles. The van der Waals surface area contributed by atoms with E-state index in [1.165, 1.54) is 0 Å². The third kappa shape index (κ3) is 4.02. The fraction of sp³-hybridized carbons (Fsp3) is 0.273.